The number of carbonyl (C=O) groups is 4. The van der Waals surface area contributed by atoms with E-state index in [4.69, 9.17) is 23.7 Å². The number of rotatable bonds is 55. The van der Waals surface area contributed by atoms with Crippen molar-refractivity contribution < 1.29 is 58.2 Å². The van der Waals surface area contributed by atoms with Gasteiger partial charge in [-0.3, -0.25) is 14.4 Å². The first kappa shape index (κ1) is 77.9. The molecule has 12 nitrogen and oxygen atoms in total. The molecule has 0 amide bonds. The fourth-order valence-electron chi connectivity index (χ4n) is 9.18. The van der Waals surface area contributed by atoms with E-state index in [0.29, 0.717) is 19.3 Å². The Hall–Kier alpha value is -5.14. The fourth-order valence-corrected chi connectivity index (χ4v) is 9.18. The molecule has 1 aliphatic rings. The molecule has 6 unspecified atom stereocenters. The van der Waals surface area contributed by atoms with Crippen LogP contribution in [0.25, 0.3) is 0 Å². The van der Waals surface area contributed by atoms with Gasteiger partial charge in [0.05, 0.1) is 6.61 Å². The van der Waals surface area contributed by atoms with E-state index in [-0.39, 0.29) is 25.9 Å². The summed E-state index contributed by atoms with van der Waals surface area (Å²) in [5.41, 5.74) is 0. The van der Waals surface area contributed by atoms with Gasteiger partial charge in [-0.15, -0.1) is 0 Å². The zero-order valence-electron chi connectivity index (χ0n) is 53.1. The van der Waals surface area contributed by atoms with Crippen molar-refractivity contribution in [3.8, 4) is 0 Å². The molecule has 0 spiro atoms. The minimum Gasteiger partial charge on any atom is -0.479 e. The first-order valence-electron chi connectivity index (χ1n) is 33.2. The topological polar surface area (TPSA) is 175 Å². The van der Waals surface area contributed by atoms with E-state index in [1.165, 1.54) is 19.3 Å². The van der Waals surface area contributed by atoms with Crippen LogP contribution < -0.4 is 0 Å². The number of aliphatic hydroxyl groups is 2. The summed E-state index contributed by atoms with van der Waals surface area (Å²) in [6.45, 7) is 5.71. The third-order valence-corrected chi connectivity index (χ3v) is 14.2. The van der Waals surface area contributed by atoms with Gasteiger partial charge in [-0.1, -0.05) is 231 Å². The number of carbonyl (C=O) groups excluding carboxylic acids is 3. The van der Waals surface area contributed by atoms with E-state index in [2.05, 4.69) is 154 Å². The lowest BCUT2D eigenvalue weighted by Crippen LogP contribution is -2.61. The van der Waals surface area contributed by atoms with Gasteiger partial charge in [0.15, 0.2) is 24.6 Å². The number of carboxylic acids is 1. The third kappa shape index (κ3) is 48.6. The zero-order valence-corrected chi connectivity index (χ0v) is 53.1. The van der Waals surface area contributed by atoms with Crippen LogP contribution in [0.3, 0.4) is 0 Å². The van der Waals surface area contributed by atoms with Crippen molar-refractivity contribution in [2.45, 2.75) is 289 Å². The minimum atomic E-state index is -1.92. The number of aliphatic carboxylic acids is 1. The molecule has 1 aliphatic heterocycles. The van der Waals surface area contributed by atoms with Gasteiger partial charge < -0.3 is 39.0 Å². The van der Waals surface area contributed by atoms with Gasteiger partial charge in [0.25, 0.3) is 0 Å². The molecule has 0 radical (unpaired) electrons. The Morgan fingerprint density at radius 1 is 0.400 bits per heavy atom. The van der Waals surface area contributed by atoms with Crippen molar-refractivity contribution in [3.63, 3.8) is 0 Å². The van der Waals surface area contributed by atoms with Gasteiger partial charge in [0.2, 0.25) is 0 Å². The molecule has 480 valence electrons. The van der Waals surface area contributed by atoms with Crippen LogP contribution in [0.4, 0.5) is 0 Å². The molecule has 1 saturated heterocycles. The summed E-state index contributed by atoms with van der Waals surface area (Å²) in [6.07, 6.45) is 71.1. The van der Waals surface area contributed by atoms with Crippen LogP contribution in [0.2, 0.25) is 0 Å². The SMILES string of the molecule is CC/C=C\C/C=C\C/C=C\C/C=C\C/C=C\CCCCCC(=O)OCC(COC1OC(C(=O)O)C(O)C(O)C1OC(=O)CCCCCCCC/C=C\C/C=C\C/C=C\CCCCC)OC(=O)CCCCCCCCC/C=C\C/C=C\C/C=C\CC. The van der Waals surface area contributed by atoms with Gasteiger partial charge in [-0.05, 0) is 135 Å². The van der Waals surface area contributed by atoms with Gasteiger partial charge in [0.1, 0.15) is 18.8 Å². The van der Waals surface area contributed by atoms with Crippen LogP contribution in [-0.4, -0.2) is 89.2 Å². The predicted octanol–water partition coefficient (Wildman–Crippen LogP) is 18.1. The highest BCUT2D eigenvalue weighted by Gasteiger charge is 2.50. The van der Waals surface area contributed by atoms with Gasteiger partial charge in [-0.2, -0.15) is 0 Å². The molecule has 0 saturated carbocycles. The maximum absolute atomic E-state index is 13.2. The lowest BCUT2D eigenvalue weighted by atomic mass is 9.98. The Morgan fingerprint density at radius 3 is 1.14 bits per heavy atom. The van der Waals surface area contributed by atoms with Crippen LogP contribution in [0.1, 0.15) is 252 Å². The molecule has 1 fully saturated rings. The molecular formula is C73H116O12. The average Bonchev–Trinajstić information content (AvgIpc) is 3.51. The maximum atomic E-state index is 13.2. The van der Waals surface area contributed by atoms with Crippen molar-refractivity contribution in [2.75, 3.05) is 13.2 Å². The molecule has 12 heteroatoms. The molecule has 3 N–H and O–H groups in total. The Kier molecular flexibility index (Phi) is 54.2. The van der Waals surface area contributed by atoms with E-state index in [1.807, 2.05) is 0 Å². The van der Waals surface area contributed by atoms with E-state index in [1.54, 1.807) is 0 Å². The highest BCUT2D eigenvalue weighted by Crippen LogP contribution is 2.26. The summed E-state index contributed by atoms with van der Waals surface area (Å²) in [7, 11) is 0. The van der Waals surface area contributed by atoms with E-state index < -0.39 is 67.3 Å². The lowest BCUT2D eigenvalue weighted by molar-refractivity contribution is -0.301. The number of unbranched alkanes of at least 4 members (excludes halogenated alkanes) is 19. The zero-order chi connectivity index (χ0) is 61.7. The summed E-state index contributed by atoms with van der Waals surface area (Å²) in [6, 6.07) is 0. The highest BCUT2D eigenvalue weighted by atomic mass is 16.7. The lowest BCUT2D eigenvalue weighted by Gasteiger charge is -2.40. The predicted molar refractivity (Wildman–Crippen MR) is 349 cm³/mol. The quantitative estimate of drug-likeness (QED) is 0.0228. The smallest absolute Gasteiger partial charge is 0.335 e. The van der Waals surface area contributed by atoms with E-state index in [0.717, 1.165) is 173 Å². The van der Waals surface area contributed by atoms with E-state index >= 15 is 0 Å². The Labute approximate surface area is 515 Å². The second-order valence-electron chi connectivity index (χ2n) is 22.0. The molecule has 6 atom stereocenters. The first-order valence-corrected chi connectivity index (χ1v) is 33.2. The molecule has 0 aromatic carbocycles. The molecule has 0 aromatic rings. The highest BCUT2D eigenvalue weighted by molar-refractivity contribution is 5.74. The van der Waals surface area contributed by atoms with Crippen LogP contribution in [0.5, 0.6) is 0 Å². The van der Waals surface area contributed by atoms with Crippen LogP contribution in [0.15, 0.2) is 134 Å². The Balaban J connectivity index is 2.70. The number of ether oxygens (including phenoxy) is 5. The van der Waals surface area contributed by atoms with Crippen molar-refractivity contribution in [3.05, 3.63) is 134 Å². The number of carboxylic acid groups (broad SMARTS) is 1. The monoisotopic (exact) mass is 1180 g/mol. The second kappa shape index (κ2) is 59.2. The normalized spacial score (nSPS) is 18.3. The molecule has 85 heavy (non-hydrogen) atoms. The van der Waals surface area contributed by atoms with Gasteiger partial charge >= 0.3 is 23.9 Å². The number of hydrogen-bond donors (Lipinski definition) is 3. The second-order valence-corrected chi connectivity index (χ2v) is 22.0. The summed E-state index contributed by atoms with van der Waals surface area (Å²) in [5, 5.41) is 31.6. The van der Waals surface area contributed by atoms with Crippen molar-refractivity contribution in [2.24, 2.45) is 0 Å². The Bertz CT molecular complexity index is 1990. The number of aliphatic hydroxyl groups excluding tert-OH is 2. The van der Waals surface area contributed by atoms with Gasteiger partial charge in [0, 0.05) is 19.3 Å². The van der Waals surface area contributed by atoms with Crippen LogP contribution in [0, 0.1) is 0 Å². The summed E-state index contributed by atoms with van der Waals surface area (Å²) in [4.78, 5) is 51.4. The molecule has 0 bridgehead atoms. The van der Waals surface area contributed by atoms with Crippen molar-refractivity contribution in [1.29, 1.82) is 0 Å². The van der Waals surface area contributed by atoms with Crippen molar-refractivity contribution in [1.82, 2.24) is 0 Å². The molecule has 1 heterocycles. The maximum Gasteiger partial charge on any atom is 0.335 e. The molecule has 1 rings (SSSR count). The number of esters is 3. The molecule has 0 aliphatic carbocycles. The Morgan fingerprint density at radius 2 is 0.741 bits per heavy atom. The van der Waals surface area contributed by atoms with E-state index in [9.17, 15) is 34.5 Å². The third-order valence-electron chi connectivity index (χ3n) is 14.2. The van der Waals surface area contributed by atoms with Crippen LogP contribution >= 0.6 is 0 Å². The first-order chi connectivity index (χ1) is 41.6. The number of allylic oxidation sites excluding steroid dienone is 22. The van der Waals surface area contributed by atoms with Crippen molar-refractivity contribution >= 4 is 23.9 Å². The largest absolute Gasteiger partial charge is 0.479 e. The summed E-state index contributed by atoms with van der Waals surface area (Å²) in [5.74, 6) is -3.20. The fraction of sp³-hybridized carbons (Fsp3) is 0.644. The summed E-state index contributed by atoms with van der Waals surface area (Å²) >= 11 is 0. The molecule has 0 aromatic heterocycles. The standard InChI is InChI=1S/C73H116O12/c1-4-7-10-13-16-19-22-25-28-31-33-36-38-41-44-47-50-53-56-59-65(74)81-62-64(83-66(75)60-57-54-51-48-45-42-39-35-30-27-24-21-18-15-12-9-6-3)63-82-73-71(69(78)68(77)70(85-73)72(79)80)84-67(76)61-58-55-52-49-46-43-40-37-34-32-29-26-23-20-17-14-11-8-5-2/h7,9-10,12,16-21,25-30,33-34,36-37,41,44,64,68-71,73,77-78H,4-6,8,11,13-15,22-24,31-32,35,38-40,42-43,45-63H2,1-3H3,(H,79,80)/b10-7-,12-9-,19-16-,20-17-,21-18-,28-25-,29-26-,30-27-,36-33-,37-34-,44-41-. The number of hydrogen-bond acceptors (Lipinski definition) is 11. The van der Waals surface area contributed by atoms with Crippen LogP contribution in [-0.2, 0) is 42.9 Å². The molecular weight excluding hydrogens is 1070 g/mol. The van der Waals surface area contributed by atoms with Gasteiger partial charge in [-0.25, -0.2) is 4.79 Å². The average molecular weight is 1190 g/mol. The minimum absolute atomic E-state index is 0.0343. The summed E-state index contributed by atoms with van der Waals surface area (Å²) < 4.78 is 28.5.